The first-order valence-electron chi connectivity index (χ1n) is 6.94. The molecule has 1 atom stereocenters. The second kappa shape index (κ2) is 5.84. The molecule has 0 heterocycles. The van der Waals surface area contributed by atoms with E-state index in [9.17, 15) is 8.42 Å². The van der Waals surface area contributed by atoms with E-state index in [1.54, 1.807) is 0 Å². The number of rotatable bonds is 7. The molecule has 0 aliphatic heterocycles. The van der Waals surface area contributed by atoms with Gasteiger partial charge in [-0.1, -0.05) is 24.3 Å². The quantitative estimate of drug-likeness (QED) is 0.803. The SMILES string of the molecule is CC(NCC1(CS(C)(=O)=O)CC1)c1cccc(CO)c1. The highest BCUT2D eigenvalue weighted by atomic mass is 32.2. The molecule has 2 N–H and O–H groups in total. The molecule has 20 heavy (non-hydrogen) atoms. The van der Waals surface area contributed by atoms with E-state index in [0.717, 1.165) is 30.5 Å². The van der Waals surface area contributed by atoms with E-state index in [4.69, 9.17) is 5.11 Å². The first kappa shape index (κ1) is 15.5. The molecule has 1 aromatic rings. The van der Waals surface area contributed by atoms with Gasteiger partial charge in [-0.3, -0.25) is 0 Å². The molecule has 4 nitrogen and oxygen atoms in total. The number of benzene rings is 1. The maximum Gasteiger partial charge on any atom is 0.148 e. The molecule has 0 bridgehead atoms. The fraction of sp³-hybridized carbons (Fsp3) is 0.600. The van der Waals surface area contributed by atoms with Gasteiger partial charge in [0.25, 0.3) is 0 Å². The Bertz CT molecular complexity index is 564. The first-order valence-corrected chi connectivity index (χ1v) is 9.00. The molecule has 1 aliphatic rings. The van der Waals surface area contributed by atoms with Crippen molar-refractivity contribution in [3.05, 3.63) is 35.4 Å². The molecule has 5 heteroatoms. The van der Waals surface area contributed by atoms with Crippen molar-refractivity contribution in [2.45, 2.75) is 32.4 Å². The van der Waals surface area contributed by atoms with Crippen LogP contribution in [-0.4, -0.2) is 32.1 Å². The van der Waals surface area contributed by atoms with Crippen molar-refractivity contribution < 1.29 is 13.5 Å². The van der Waals surface area contributed by atoms with Crippen molar-refractivity contribution >= 4 is 9.84 Å². The molecule has 1 saturated carbocycles. The van der Waals surface area contributed by atoms with E-state index >= 15 is 0 Å². The van der Waals surface area contributed by atoms with Gasteiger partial charge in [-0.25, -0.2) is 8.42 Å². The summed E-state index contributed by atoms with van der Waals surface area (Å²) in [4.78, 5) is 0. The first-order chi connectivity index (χ1) is 9.34. The third kappa shape index (κ3) is 4.30. The Labute approximate surface area is 121 Å². The van der Waals surface area contributed by atoms with Gasteiger partial charge >= 0.3 is 0 Å². The molecule has 0 saturated heterocycles. The normalized spacial score (nSPS) is 18.8. The van der Waals surface area contributed by atoms with E-state index in [2.05, 4.69) is 12.2 Å². The molecule has 112 valence electrons. The Hall–Kier alpha value is -0.910. The van der Waals surface area contributed by atoms with Gasteiger partial charge in [0, 0.05) is 18.8 Å². The highest BCUT2D eigenvalue weighted by Crippen LogP contribution is 2.46. The topological polar surface area (TPSA) is 66.4 Å². The van der Waals surface area contributed by atoms with Crippen LogP contribution in [0.3, 0.4) is 0 Å². The Morgan fingerprint density at radius 2 is 2.10 bits per heavy atom. The number of aliphatic hydroxyl groups excluding tert-OH is 1. The lowest BCUT2D eigenvalue weighted by Gasteiger charge is -2.20. The maximum absolute atomic E-state index is 11.4. The summed E-state index contributed by atoms with van der Waals surface area (Å²) in [6, 6.07) is 7.98. The third-order valence-corrected chi connectivity index (χ3v) is 5.08. The highest BCUT2D eigenvalue weighted by molar-refractivity contribution is 7.90. The van der Waals surface area contributed by atoms with E-state index in [1.165, 1.54) is 6.26 Å². The number of hydrogen-bond acceptors (Lipinski definition) is 4. The summed E-state index contributed by atoms with van der Waals surface area (Å²) in [5.74, 6) is 0.274. The zero-order valence-electron chi connectivity index (χ0n) is 12.1. The lowest BCUT2D eigenvalue weighted by Crippen LogP contribution is -2.31. The van der Waals surface area contributed by atoms with Gasteiger partial charge in [0.1, 0.15) is 9.84 Å². The van der Waals surface area contributed by atoms with Crippen LogP contribution in [0, 0.1) is 5.41 Å². The van der Waals surface area contributed by atoms with Gasteiger partial charge in [-0.15, -0.1) is 0 Å². The van der Waals surface area contributed by atoms with E-state index in [-0.39, 0.29) is 23.8 Å². The summed E-state index contributed by atoms with van der Waals surface area (Å²) in [6.45, 7) is 2.83. The van der Waals surface area contributed by atoms with Crippen LogP contribution in [0.5, 0.6) is 0 Å². The van der Waals surface area contributed by atoms with Gasteiger partial charge in [-0.2, -0.15) is 0 Å². The molecule has 0 radical (unpaired) electrons. The van der Waals surface area contributed by atoms with E-state index < -0.39 is 9.84 Å². The highest BCUT2D eigenvalue weighted by Gasteiger charge is 2.44. The van der Waals surface area contributed by atoms with Crippen LogP contribution < -0.4 is 5.32 Å². The van der Waals surface area contributed by atoms with Gasteiger partial charge in [0.05, 0.1) is 12.4 Å². The molecule has 0 spiro atoms. The molecule has 1 unspecified atom stereocenters. The van der Waals surface area contributed by atoms with Crippen molar-refractivity contribution in [3.63, 3.8) is 0 Å². The van der Waals surface area contributed by atoms with Crippen LogP contribution in [0.2, 0.25) is 0 Å². The predicted molar refractivity (Wildman–Crippen MR) is 80.2 cm³/mol. The Kier molecular flexibility index (Phi) is 4.52. The number of aliphatic hydroxyl groups is 1. The lowest BCUT2D eigenvalue weighted by atomic mass is 10.0. The summed E-state index contributed by atoms with van der Waals surface area (Å²) in [6.07, 6.45) is 3.27. The average molecular weight is 297 g/mol. The van der Waals surface area contributed by atoms with Crippen LogP contribution in [0.15, 0.2) is 24.3 Å². The van der Waals surface area contributed by atoms with Crippen molar-refractivity contribution in [2.24, 2.45) is 5.41 Å². The fourth-order valence-electron chi connectivity index (χ4n) is 2.55. The Morgan fingerprint density at radius 1 is 1.40 bits per heavy atom. The van der Waals surface area contributed by atoms with E-state index in [0.29, 0.717) is 0 Å². The van der Waals surface area contributed by atoms with Crippen LogP contribution in [0.25, 0.3) is 0 Å². The Balaban J connectivity index is 1.93. The van der Waals surface area contributed by atoms with Crippen molar-refractivity contribution in [2.75, 3.05) is 18.6 Å². The summed E-state index contributed by atoms with van der Waals surface area (Å²) < 4.78 is 22.9. The van der Waals surface area contributed by atoms with Gasteiger partial charge in [0.15, 0.2) is 0 Å². The fourth-order valence-corrected chi connectivity index (χ4v) is 4.06. The smallest absolute Gasteiger partial charge is 0.148 e. The summed E-state index contributed by atoms with van der Waals surface area (Å²) in [5, 5.41) is 12.6. The minimum absolute atomic E-state index is 0.0403. The maximum atomic E-state index is 11.4. The van der Waals surface area contributed by atoms with Crippen molar-refractivity contribution in [1.29, 1.82) is 0 Å². The molecule has 0 amide bonds. The second-order valence-corrected chi connectivity index (χ2v) is 8.22. The minimum atomic E-state index is -2.92. The van der Waals surface area contributed by atoms with E-state index in [1.807, 2.05) is 24.3 Å². The molecule has 1 fully saturated rings. The molecule has 0 aromatic heterocycles. The van der Waals surface area contributed by atoms with Gasteiger partial charge in [0.2, 0.25) is 0 Å². The van der Waals surface area contributed by atoms with Crippen LogP contribution in [0.4, 0.5) is 0 Å². The molecule has 2 rings (SSSR count). The summed E-state index contributed by atoms with van der Waals surface area (Å²) in [7, 11) is -2.92. The monoisotopic (exact) mass is 297 g/mol. The number of hydrogen-bond donors (Lipinski definition) is 2. The lowest BCUT2D eigenvalue weighted by molar-refractivity contribution is 0.281. The zero-order valence-corrected chi connectivity index (χ0v) is 12.9. The number of sulfone groups is 1. The van der Waals surface area contributed by atoms with Crippen LogP contribution >= 0.6 is 0 Å². The summed E-state index contributed by atoms with van der Waals surface area (Å²) >= 11 is 0. The Morgan fingerprint density at radius 3 is 2.65 bits per heavy atom. The number of nitrogens with one attached hydrogen (secondary N) is 1. The van der Waals surface area contributed by atoms with Crippen molar-refractivity contribution in [3.8, 4) is 0 Å². The summed E-state index contributed by atoms with van der Waals surface area (Å²) in [5.41, 5.74) is 1.95. The van der Waals surface area contributed by atoms with Crippen LogP contribution in [-0.2, 0) is 16.4 Å². The zero-order chi connectivity index (χ0) is 14.8. The molecular weight excluding hydrogens is 274 g/mol. The second-order valence-electron chi connectivity index (χ2n) is 6.08. The molecular formula is C15H23NO3S. The largest absolute Gasteiger partial charge is 0.392 e. The molecule has 1 aliphatic carbocycles. The third-order valence-electron chi connectivity index (χ3n) is 3.94. The van der Waals surface area contributed by atoms with Gasteiger partial charge < -0.3 is 10.4 Å². The minimum Gasteiger partial charge on any atom is -0.392 e. The van der Waals surface area contributed by atoms with Gasteiger partial charge in [-0.05, 0) is 36.3 Å². The average Bonchev–Trinajstić information content (AvgIpc) is 3.14. The standard InChI is InChI=1S/C15H23NO3S/c1-12(14-5-3-4-13(8-14)9-17)16-10-15(6-7-15)11-20(2,18)19/h3-5,8,12,16-17H,6-7,9-11H2,1-2H3. The van der Waals surface area contributed by atoms with Crippen LogP contribution in [0.1, 0.15) is 36.9 Å². The van der Waals surface area contributed by atoms with Crippen molar-refractivity contribution in [1.82, 2.24) is 5.32 Å². The molecule has 1 aromatic carbocycles. The predicted octanol–water partition coefficient (Wildman–Crippen LogP) is 1.65.